The number of amides is 1. The lowest BCUT2D eigenvalue weighted by atomic mass is 10.0. The number of aromatic hydroxyl groups is 1. The predicted molar refractivity (Wildman–Crippen MR) is 85.3 cm³/mol. The van der Waals surface area contributed by atoms with Crippen LogP contribution >= 0.6 is 15.9 Å². The highest BCUT2D eigenvalue weighted by atomic mass is 79.9. The maximum atomic E-state index is 12.1. The summed E-state index contributed by atoms with van der Waals surface area (Å²) >= 11 is 3.39. The fourth-order valence-electron chi connectivity index (χ4n) is 2.27. The molecule has 1 aliphatic rings. The average molecular weight is 346 g/mol. The zero-order valence-electron chi connectivity index (χ0n) is 11.2. The van der Waals surface area contributed by atoms with E-state index in [9.17, 15) is 9.90 Å². The van der Waals surface area contributed by atoms with E-state index in [1.807, 2.05) is 24.3 Å². The lowest BCUT2D eigenvalue weighted by molar-refractivity contribution is -0.110. The smallest absolute Gasteiger partial charge is 0.256 e. The summed E-state index contributed by atoms with van der Waals surface area (Å²) in [4.78, 5) is 12.1. The van der Waals surface area contributed by atoms with Crippen LogP contribution in [0.1, 0.15) is 11.1 Å². The summed E-state index contributed by atoms with van der Waals surface area (Å²) in [5, 5.41) is 12.6. The number of fused-ring (bicyclic) bond motifs is 1. The van der Waals surface area contributed by atoms with E-state index in [0.29, 0.717) is 15.8 Å². The maximum Gasteiger partial charge on any atom is 0.256 e. The molecule has 0 unspecified atom stereocenters. The van der Waals surface area contributed by atoms with Crippen molar-refractivity contribution in [2.45, 2.75) is 0 Å². The number of hydrogen-bond acceptors (Lipinski definition) is 3. The fraction of sp³-hybridized carbons (Fsp3) is 0.0625. The Morgan fingerprint density at radius 3 is 2.81 bits per heavy atom. The number of halogens is 1. The number of benzene rings is 2. The number of carbonyl (C=O) groups excluding carboxylic acids is 1. The van der Waals surface area contributed by atoms with Crippen molar-refractivity contribution in [2.24, 2.45) is 0 Å². The standard InChI is InChI=1S/C16H12BrNO3/c1-21-15-7-9(12(17)8-14(15)19)6-11-10-4-2-3-5-13(10)18-16(11)20/h2-8,19H,1H3,(H,18,20)/b11-6-. The lowest BCUT2D eigenvalue weighted by Gasteiger charge is -2.07. The Balaban J connectivity index is 2.13. The number of phenolic OH excluding ortho intramolecular Hbond substituents is 1. The number of para-hydroxylation sites is 1. The van der Waals surface area contributed by atoms with Crippen LogP contribution in [0, 0.1) is 0 Å². The van der Waals surface area contributed by atoms with E-state index in [2.05, 4.69) is 21.2 Å². The molecule has 0 aromatic heterocycles. The molecule has 0 bridgehead atoms. The molecule has 5 heteroatoms. The molecule has 2 N–H and O–H groups in total. The van der Waals surface area contributed by atoms with E-state index in [-0.39, 0.29) is 11.7 Å². The molecule has 1 aliphatic heterocycles. The molecular weight excluding hydrogens is 334 g/mol. The third kappa shape index (κ3) is 2.40. The van der Waals surface area contributed by atoms with E-state index < -0.39 is 0 Å². The molecule has 0 radical (unpaired) electrons. The Labute approximate surface area is 130 Å². The van der Waals surface area contributed by atoms with Crippen LogP contribution in [0.2, 0.25) is 0 Å². The number of phenols is 1. The van der Waals surface area contributed by atoms with Gasteiger partial charge in [-0.1, -0.05) is 34.1 Å². The van der Waals surface area contributed by atoms with Gasteiger partial charge in [0.25, 0.3) is 5.91 Å². The Kier molecular flexibility index (Phi) is 3.43. The third-order valence-corrected chi connectivity index (χ3v) is 3.99. The number of rotatable bonds is 2. The molecule has 0 spiro atoms. The monoisotopic (exact) mass is 345 g/mol. The third-order valence-electron chi connectivity index (χ3n) is 3.31. The van der Waals surface area contributed by atoms with Gasteiger partial charge < -0.3 is 15.2 Å². The predicted octanol–water partition coefficient (Wildman–Crippen LogP) is 3.66. The van der Waals surface area contributed by atoms with Crippen molar-refractivity contribution in [3.8, 4) is 11.5 Å². The number of methoxy groups -OCH3 is 1. The molecule has 2 aromatic rings. The zero-order valence-corrected chi connectivity index (χ0v) is 12.8. The number of nitrogens with one attached hydrogen (secondary N) is 1. The first-order valence-electron chi connectivity index (χ1n) is 6.29. The van der Waals surface area contributed by atoms with Crippen molar-refractivity contribution in [3.63, 3.8) is 0 Å². The topological polar surface area (TPSA) is 58.6 Å². The van der Waals surface area contributed by atoms with Crippen molar-refractivity contribution < 1.29 is 14.6 Å². The molecule has 0 aliphatic carbocycles. The van der Waals surface area contributed by atoms with E-state index in [1.54, 1.807) is 18.2 Å². The number of anilines is 1. The van der Waals surface area contributed by atoms with Crippen LogP contribution in [0.4, 0.5) is 5.69 Å². The summed E-state index contributed by atoms with van der Waals surface area (Å²) in [6.07, 6.45) is 1.77. The summed E-state index contributed by atoms with van der Waals surface area (Å²) in [6.45, 7) is 0. The fourth-order valence-corrected chi connectivity index (χ4v) is 2.72. The molecule has 4 nitrogen and oxygen atoms in total. The molecule has 3 rings (SSSR count). The minimum atomic E-state index is -0.143. The van der Waals surface area contributed by atoms with Crippen molar-refractivity contribution in [1.29, 1.82) is 0 Å². The molecule has 0 atom stereocenters. The number of hydrogen-bond donors (Lipinski definition) is 2. The maximum absolute atomic E-state index is 12.1. The summed E-state index contributed by atoms with van der Waals surface area (Å²) in [6, 6.07) is 10.7. The number of ether oxygens (including phenoxy) is 1. The normalized spacial score (nSPS) is 15.0. The molecule has 0 saturated carbocycles. The van der Waals surface area contributed by atoms with Gasteiger partial charge in [-0.15, -0.1) is 0 Å². The first-order valence-corrected chi connectivity index (χ1v) is 7.08. The van der Waals surface area contributed by atoms with Gasteiger partial charge in [0.05, 0.1) is 7.11 Å². The van der Waals surface area contributed by atoms with Crippen LogP contribution in [0.5, 0.6) is 11.5 Å². The van der Waals surface area contributed by atoms with Crippen molar-refractivity contribution in [3.05, 3.63) is 52.0 Å². The SMILES string of the molecule is COc1cc(/C=C2\C(=O)Nc3ccccc32)c(Br)cc1O. The van der Waals surface area contributed by atoms with Crippen molar-refractivity contribution >= 4 is 39.2 Å². The molecule has 2 aromatic carbocycles. The first-order chi connectivity index (χ1) is 10.1. The summed E-state index contributed by atoms with van der Waals surface area (Å²) < 4.78 is 5.79. The second kappa shape index (κ2) is 5.26. The van der Waals surface area contributed by atoms with Crippen molar-refractivity contribution in [2.75, 3.05) is 12.4 Å². The van der Waals surface area contributed by atoms with Crippen LogP contribution in [0.15, 0.2) is 40.9 Å². The van der Waals surface area contributed by atoms with Crippen LogP contribution < -0.4 is 10.1 Å². The van der Waals surface area contributed by atoms with Gasteiger partial charge in [0.2, 0.25) is 0 Å². The Bertz CT molecular complexity index is 768. The Morgan fingerprint density at radius 2 is 2.05 bits per heavy atom. The lowest BCUT2D eigenvalue weighted by Crippen LogP contribution is -2.03. The number of carbonyl (C=O) groups is 1. The van der Waals surface area contributed by atoms with Gasteiger partial charge in [0.15, 0.2) is 11.5 Å². The molecule has 1 amide bonds. The van der Waals surface area contributed by atoms with Gasteiger partial charge in [0, 0.05) is 21.3 Å². The van der Waals surface area contributed by atoms with Gasteiger partial charge in [-0.2, -0.15) is 0 Å². The van der Waals surface area contributed by atoms with E-state index >= 15 is 0 Å². The molecule has 0 saturated heterocycles. The van der Waals surface area contributed by atoms with Gasteiger partial charge in [-0.3, -0.25) is 4.79 Å². The largest absolute Gasteiger partial charge is 0.504 e. The highest BCUT2D eigenvalue weighted by Crippen LogP contribution is 2.37. The van der Waals surface area contributed by atoms with E-state index in [4.69, 9.17) is 4.74 Å². The van der Waals surface area contributed by atoms with Gasteiger partial charge in [0.1, 0.15) is 0 Å². The van der Waals surface area contributed by atoms with E-state index in [0.717, 1.165) is 16.8 Å². The second-order valence-corrected chi connectivity index (χ2v) is 5.46. The van der Waals surface area contributed by atoms with Crippen molar-refractivity contribution in [1.82, 2.24) is 0 Å². The quantitative estimate of drug-likeness (QED) is 0.816. The average Bonchev–Trinajstić information content (AvgIpc) is 2.78. The molecule has 21 heavy (non-hydrogen) atoms. The van der Waals surface area contributed by atoms with Crippen LogP contribution in [0.25, 0.3) is 11.6 Å². The van der Waals surface area contributed by atoms with E-state index in [1.165, 1.54) is 7.11 Å². The van der Waals surface area contributed by atoms with Crippen LogP contribution in [-0.2, 0) is 4.79 Å². The van der Waals surface area contributed by atoms with Gasteiger partial charge in [-0.05, 0) is 29.8 Å². The van der Waals surface area contributed by atoms with Gasteiger partial charge in [-0.25, -0.2) is 0 Å². The highest BCUT2D eigenvalue weighted by Gasteiger charge is 2.23. The summed E-state index contributed by atoms with van der Waals surface area (Å²) in [5.41, 5.74) is 3.00. The minimum Gasteiger partial charge on any atom is -0.504 e. The van der Waals surface area contributed by atoms with Crippen LogP contribution in [0.3, 0.4) is 0 Å². The summed E-state index contributed by atoms with van der Waals surface area (Å²) in [5.74, 6) is 0.259. The Hall–Kier alpha value is -2.27. The Morgan fingerprint density at radius 1 is 1.29 bits per heavy atom. The minimum absolute atomic E-state index is 0.0443. The molecule has 106 valence electrons. The molecular formula is C16H12BrNO3. The summed E-state index contributed by atoms with van der Waals surface area (Å²) in [7, 11) is 1.48. The van der Waals surface area contributed by atoms with Crippen LogP contribution in [-0.4, -0.2) is 18.1 Å². The highest BCUT2D eigenvalue weighted by molar-refractivity contribution is 9.10. The zero-order chi connectivity index (χ0) is 15.0. The molecule has 0 fully saturated rings. The molecule has 1 heterocycles. The van der Waals surface area contributed by atoms with Gasteiger partial charge >= 0.3 is 0 Å². The second-order valence-electron chi connectivity index (χ2n) is 4.60. The first kappa shape index (κ1) is 13.7.